The van der Waals surface area contributed by atoms with Crippen molar-refractivity contribution in [3.05, 3.63) is 12.2 Å². The van der Waals surface area contributed by atoms with Crippen LogP contribution in [0.4, 0.5) is 0 Å². The lowest BCUT2D eigenvalue weighted by Crippen LogP contribution is -2.08. The van der Waals surface area contributed by atoms with Crippen LogP contribution >= 0.6 is 0 Å². The number of carbonyl (C=O) groups excluding carboxylic acids is 2. The predicted molar refractivity (Wildman–Crippen MR) is 59.9 cm³/mol. The van der Waals surface area contributed by atoms with Gasteiger partial charge < -0.3 is 14.8 Å². The van der Waals surface area contributed by atoms with E-state index in [1.54, 1.807) is 0 Å². The molecule has 0 unspecified atom stereocenters. The van der Waals surface area contributed by atoms with Crippen LogP contribution < -0.4 is 5.32 Å². The molecule has 0 rings (SSSR count). The molecular formula is C11H19NO4. The third-order valence-electron chi connectivity index (χ3n) is 1.87. The van der Waals surface area contributed by atoms with E-state index < -0.39 is 11.9 Å². The van der Waals surface area contributed by atoms with Crippen LogP contribution in [-0.4, -0.2) is 39.2 Å². The van der Waals surface area contributed by atoms with Gasteiger partial charge in [-0.15, -0.1) is 0 Å². The Morgan fingerprint density at radius 2 is 1.81 bits per heavy atom. The lowest BCUT2D eigenvalue weighted by molar-refractivity contribution is -0.139. The predicted octanol–water partition coefficient (Wildman–Crippen LogP) is 0.648. The van der Waals surface area contributed by atoms with Gasteiger partial charge in [0.2, 0.25) is 0 Å². The molecule has 0 aliphatic rings. The van der Waals surface area contributed by atoms with Gasteiger partial charge in [-0.05, 0) is 32.9 Å². The molecule has 0 aliphatic heterocycles. The first-order valence-electron chi connectivity index (χ1n) is 5.28. The highest BCUT2D eigenvalue weighted by atomic mass is 16.5. The molecule has 0 saturated carbocycles. The number of nitrogens with one attached hydrogen (secondary N) is 1. The van der Waals surface area contributed by atoms with Crippen molar-refractivity contribution in [1.29, 1.82) is 0 Å². The summed E-state index contributed by atoms with van der Waals surface area (Å²) in [6.07, 6.45) is 5.02. The number of esters is 2. The van der Waals surface area contributed by atoms with E-state index in [-0.39, 0.29) is 0 Å². The van der Waals surface area contributed by atoms with Crippen molar-refractivity contribution < 1.29 is 19.1 Å². The molecule has 0 aliphatic carbocycles. The normalized spacial score (nSPS) is 10.4. The van der Waals surface area contributed by atoms with Crippen molar-refractivity contribution >= 4 is 11.9 Å². The van der Waals surface area contributed by atoms with Crippen LogP contribution in [0.1, 0.15) is 19.3 Å². The number of rotatable bonds is 8. The van der Waals surface area contributed by atoms with Crippen LogP contribution in [0.3, 0.4) is 0 Å². The first-order chi connectivity index (χ1) is 7.70. The molecule has 0 saturated heterocycles. The van der Waals surface area contributed by atoms with Gasteiger partial charge in [0, 0.05) is 12.2 Å². The standard InChI is InChI=1S/C11H19NO4/c1-12-8-4-3-5-9-16-11(14)7-6-10(13)15-2/h6-7,12H,3-5,8-9H2,1-2H3/b7-6+. The molecule has 0 amide bonds. The van der Waals surface area contributed by atoms with Gasteiger partial charge in [-0.3, -0.25) is 0 Å². The number of hydrogen-bond acceptors (Lipinski definition) is 5. The SMILES string of the molecule is CNCCCCCOC(=O)/C=C/C(=O)OC. The number of methoxy groups -OCH3 is 1. The van der Waals surface area contributed by atoms with Crippen molar-refractivity contribution in [2.75, 3.05) is 27.3 Å². The monoisotopic (exact) mass is 229 g/mol. The van der Waals surface area contributed by atoms with Gasteiger partial charge in [0.25, 0.3) is 0 Å². The molecule has 1 N–H and O–H groups in total. The highest BCUT2D eigenvalue weighted by molar-refractivity contribution is 5.91. The van der Waals surface area contributed by atoms with Crippen LogP contribution in [0.2, 0.25) is 0 Å². The Morgan fingerprint density at radius 3 is 2.44 bits per heavy atom. The largest absolute Gasteiger partial charge is 0.466 e. The maximum absolute atomic E-state index is 11.0. The maximum atomic E-state index is 11.0. The van der Waals surface area contributed by atoms with E-state index in [9.17, 15) is 9.59 Å². The van der Waals surface area contributed by atoms with Crippen molar-refractivity contribution in [2.24, 2.45) is 0 Å². The molecule has 0 radical (unpaired) electrons. The second-order valence-corrected chi connectivity index (χ2v) is 3.19. The van der Waals surface area contributed by atoms with E-state index in [1.165, 1.54) is 7.11 Å². The fourth-order valence-corrected chi connectivity index (χ4v) is 1.01. The average Bonchev–Trinajstić information content (AvgIpc) is 2.30. The molecule has 0 spiro atoms. The van der Waals surface area contributed by atoms with Gasteiger partial charge in [-0.25, -0.2) is 9.59 Å². The Bertz CT molecular complexity index is 238. The summed E-state index contributed by atoms with van der Waals surface area (Å²) in [6, 6.07) is 0. The van der Waals surface area contributed by atoms with Gasteiger partial charge in [0.1, 0.15) is 0 Å². The zero-order chi connectivity index (χ0) is 12.2. The average molecular weight is 229 g/mol. The molecular weight excluding hydrogens is 210 g/mol. The van der Waals surface area contributed by atoms with Crippen molar-refractivity contribution in [1.82, 2.24) is 5.32 Å². The van der Waals surface area contributed by atoms with Crippen LogP contribution in [0.5, 0.6) is 0 Å². The lowest BCUT2D eigenvalue weighted by Gasteiger charge is -2.01. The van der Waals surface area contributed by atoms with Crippen LogP contribution in [0, 0.1) is 0 Å². The van der Waals surface area contributed by atoms with Crippen LogP contribution in [0.15, 0.2) is 12.2 Å². The maximum Gasteiger partial charge on any atom is 0.331 e. The van der Waals surface area contributed by atoms with Crippen LogP contribution in [-0.2, 0) is 19.1 Å². The summed E-state index contributed by atoms with van der Waals surface area (Å²) in [7, 11) is 3.15. The van der Waals surface area contributed by atoms with E-state index in [0.29, 0.717) is 6.61 Å². The minimum atomic E-state index is -0.564. The first-order valence-corrected chi connectivity index (χ1v) is 5.28. The summed E-state index contributed by atoms with van der Waals surface area (Å²) in [6.45, 7) is 1.35. The second kappa shape index (κ2) is 10.2. The van der Waals surface area contributed by atoms with Crippen molar-refractivity contribution in [2.45, 2.75) is 19.3 Å². The van der Waals surface area contributed by atoms with E-state index in [1.807, 2.05) is 7.05 Å². The Morgan fingerprint density at radius 1 is 1.12 bits per heavy atom. The highest BCUT2D eigenvalue weighted by Crippen LogP contribution is 1.95. The zero-order valence-corrected chi connectivity index (χ0v) is 9.82. The van der Waals surface area contributed by atoms with E-state index in [4.69, 9.17) is 4.74 Å². The minimum absolute atomic E-state index is 0.383. The first kappa shape index (κ1) is 14.6. The summed E-state index contributed by atoms with van der Waals surface area (Å²) < 4.78 is 9.19. The third-order valence-corrected chi connectivity index (χ3v) is 1.87. The van der Waals surface area contributed by atoms with Gasteiger partial charge in [-0.1, -0.05) is 0 Å². The number of carbonyl (C=O) groups is 2. The van der Waals surface area contributed by atoms with Gasteiger partial charge in [-0.2, -0.15) is 0 Å². The van der Waals surface area contributed by atoms with Crippen molar-refractivity contribution in [3.8, 4) is 0 Å². The van der Waals surface area contributed by atoms with Crippen LogP contribution in [0.25, 0.3) is 0 Å². The fraction of sp³-hybridized carbons (Fsp3) is 0.636. The molecule has 5 nitrogen and oxygen atoms in total. The number of ether oxygens (including phenoxy) is 2. The topological polar surface area (TPSA) is 64.6 Å². The quantitative estimate of drug-likeness (QED) is 0.376. The van der Waals surface area contributed by atoms with Gasteiger partial charge in [0.05, 0.1) is 13.7 Å². The molecule has 0 atom stereocenters. The molecule has 0 bridgehead atoms. The summed E-state index contributed by atoms with van der Waals surface area (Å²) in [4.78, 5) is 21.7. The summed E-state index contributed by atoms with van der Waals surface area (Å²) >= 11 is 0. The second-order valence-electron chi connectivity index (χ2n) is 3.19. The molecule has 5 heteroatoms. The Hall–Kier alpha value is -1.36. The van der Waals surface area contributed by atoms with Crippen molar-refractivity contribution in [3.63, 3.8) is 0 Å². The van der Waals surface area contributed by atoms with E-state index in [2.05, 4.69) is 10.1 Å². The smallest absolute Gasteiger partial charge is 0.331 e. The molecule has 0 aromatic carbocycles. The number of unbranched alkanes of at least 4 members (excludes halogenated alkanes) is 2. The Balaban J connectivity index is 3.44. The Kier molecular flexibility index (Phi) is 9.30. The minimum Gasteiger partial charge on any atom is -0.466 e. The van der Waals surface area contributed by atoms with Gasteiger partial charge >= 0.3 is 11.9 Å². The molecule has 0 fully saturated rings. The lowest BCUT2D eigenvalue weighted by atomic mass is 10.2. The fourth-order valence-electron chi connectivity index (χ4n) is 1.01. The molecule has 0 aromatic rings. The van der Waals surface area contributed by atoms with Gasteiger partial charge in [0.15, 0.2) is 0 Å². The summed E-state index contributed by atoms with van der Waals surface area (Å²) in [5, 5.41) is 3.04. The zero-order valence-electron chi connectivity index (χ0n) is 9.82. The number of hydrogen-bond donors (Lipinski definition) is 1. The molecule has 0 aromatic heterocycles. The van der Waals surface area contributed by atoms with E-state index in [0.717, 1.165) is 38.0 Å². The molecule has 92 valence electrons. The molecule has 0 heterocycles. The summed E-state index contributed by atoms with van der Waals surface area (Å²) in [5.74, 6) is -1.08. The summed E-state index contributed by atoms with van der Waals surface area (Å²) in [5.41, 5.74) is 0. The molecule has 16 heavy (non-hydrogen) atoms. The van der Waals surface area contributed by atoms with E-state index >= 15 is 0 Å². The third kappa shape index (κ3) is 9.21. The highest BCUT2D eigenvalue weighted by Gasteiger charge is 1.98. The Labute approximate surface area is 95.8 Å².